The average molecular weight is 300 g/mol. The van der Waals surface area contributed by atoms with Crippen molar-refractivity contribution in [1.82, 2.24) is 15.6 Å². The number of fused-ring (bicyclic) bond motifs is 1. The molecule has 1 atom stereocenters. The number of rotatable bonds is 5. The van der Waals surface area contributed by atoms with Gasteiger partial charge in [-0.2, -0.15) is 5.10 Å². The second-order valence-electron chi connectivity index (χ2n) is 4.68. The molecule has 0 aliphatic carbocycles. The Balaban J connectivity index is 1.86. The molecule has 0 amide bonds. The SMILES string of the molecule is COc1ccc(C(Cc2csc3ccccc23)NN)nn1. The summed E-state index contributed by atoms with van der Waals surface area (Å²) in [5, 5.41) is 11.6. The van der Waals surface area contributed by atoms with Crippen molar-refractivity contribution in [2.24, 2.45) is 5.84 Å². The van der Waals surface area contributed by atoms with Gasteiger partial charge < -0.3 is 4.74 Å². The fourth-order valence-electron chi connectivity index (χ4n) is 2.28. The van der Waals surface area contributed by atoms with E-state index in [2.05, 4.69) is 45.3 Å². The van der Waals surface area contributed by atoms with Crippen LogP contribution in [-0.2, 0) is 6.42 Å². The molecule has 0 aliphatic rings. The number of thiophene rings is 1. The molecule has 0 saturated carbocycles. The predicted octanol–water partition coefficient (Wildman–Crippen LogP) is 2.45. The fraction of sp³-hybridized carbons (Fsp3) is 0.200. The Kier molecular flexibility index (Phi) is 4.10. The van der Waals surface area contributed by atoms with E-state index in [-0.39, 0.29) is 6.04 Å². The third-order valence-corrected chi connectivity index (χ3v) is 4.43. The van der Waals surface area contributed by atoms with Gasteiger partial charge in [0.25, 0.3) is 0 Å². The molecule has 6 heteroatoms. The molecule has 0 radical (unpaired) electrons. The molecular formula is C15H16N4OS. The van der Waals surface area contributed by atoms with Crippen LogP contribution >= 0.6 is 11.3 Å². The molecule has 21 heavy (non-hydrogen) atoms. The first-order valence-corrected chi connectivity index (χ1v) is 7.48. The highest BCUT2D eigenvalue weighted by atomic mass is 32.1. The first-order valence-electron chi connectivity index (χ1n) is 6.60. The van der Waals surface area contributed by atoms with E-state index in [9.17, 15) is 0 Å². The summed E-state index contributed by atoms with van der Waals surface area (Å²) in [7, 11) is 1.57. The molecule has 3 aromatic rings. The zero-order valence-corrected chi connectivity index (χ0v) is 12.4. The molecule has 0 aliphatic heterocycles. The van der Waals surface area contributed by atoms with E-state index in [0.29, 0.717) is 5.88 Å². The van der Waals surface area contributed by atoms with Crippen LogP contribution in [0.1, 0.15) is 17.3 Å². The van der Waals surface area contributed by atoms with E-state index in [0.717, 1.165) is 12.1 Å². The van der Waals surface area contributed by atoms with Crippen molar-refractivity contribution in [2.45, 2.75) is 12.5 Å². The van der Waals surface area contributed by atoms with Crippen molar-refractivity contribution in [2.75, 3.05) is 7.11 Å². The van der Waals surface area contributed by atoms with Gasteiger partial charge in [-0.05, 0) is 34.9 Å². The van der Waals surface area contributed by atoms with Gasteiger partial charge in [-0.15, -0.1) is 16.4 Å². The van der Waals surface area contributed by atoms with Gasteiger partial charge >= 0.3 is 0 Å². The monoisotopic (exact) mass is 300 g/mol. The van der Waals surface area contributed by atoms with Gasteiger partial charge in [0.15, 0.2) is 0 Å². The van der Waals surface area contributed by atoms with Gasteiger partial charge in [0, 0.05) is 10.8 Å². The minimum atomic E-state index is -0.0820. The number of methoxy groups -OCH3 is 1. The summed E-state index contributed by atoms with van der Waals surface area (Å²) in [6.45, 7) is 0. The molecule has 3 rings (SSSR count). The summed E-state index contributed by atoms with van der Waals surface area (Å²) in [4.78, 5) is 0. The Hall–Kier alpha value is -2.02. The molecule has 5 nitrogen and oxygen atoms in total. The Bertz CT molecular complexity index is 726. The lowest BCUT2D eigenvalue weighted by Crippen LogP contribution is -2.30. The third kappa shape index (κ3) is 2.87. The van der Waals surface area contributed by atoms with Crippen LogP contribution < -0.4 is 16.0 Å². The lowest BCUT2D eigenvalue weighted by atomic mass is 10.0. The van der Waals surface area contributed by atoms with Crippen LogP contribution in [0.2, 0.25) is 0 Å². The van der Waals surface area contributed by atoms with Gasteiger partial charge in [0.2, 0.25) is 5.88 Å². The van der Waals surface area contributed by atoms with Gasteiger partial charge in [0.1, 0.15) is 0 Å². The predicted molar refractivity (Wildman–Crippen MR) is 84.2 cm³/mol. The number of aromatic nitrogens is 2. The first kappa shape index (κ1) is 13.9. The maximum absolute atomic E-state index is 5.69. The molecule has 108 valence electrons. The number of nitrogens with one attached hydrogen (secondary N) is 1. The lowest BCUT2D eigenvalue weighted by Gasteiger charge is -2.14. The fourth-order valence-corrected chi connectivity index (χ4v) is 3.26. The Labute approximate surface area is 126 Å². The Morgan fingerprint density at radius 2 is 2.10 bits per heavy atom. The maximum atomic E-state index is 5.69. The average Bonchev–Trinajstić information content (AvgIpc) is 2.96. The summed E-state index contributed by atoms with van der Waals surface area (Å²) in [5.74, 6) is 6.19. The van der Waals surface area contributed by atoms with Crippen LogP contribution in [-0.4, -0.2) is 17.3 Å². The largest absolute Gasteiger partial charge is 0.480 e. The van der Waals surface area contributed by atoms with Crippen molar-refractivity contribution < 1.29 is 4.74 Å². The molecule has 2 aromatic heterocycles. The molecule has 0 bridgehead atoms. The number of hydrogen-bond donors (Lipinski definition) is 2. The van der Waals surface area contributed by atoms with E-state index in [4.69, 9.17) is 10.6 Å². The summed E-state index contributed by atoms with van der Waals surface area (Å²) < 4.78 is 6.30. The second-order valence-corrected chi connectivity index (χ2v) is 5.59. The van der Waals surface area contributed by atoms with Crippen LogP contribution in [0.25, 0.3) is 10.1 Å². The normalized spacial score (nSPS) is 12.5. The summed E-state index contributed by atoms with van der Waals surface area (Å²) >= 11 is 1.74. The van der Waals surface area contributed by atoms with Crippen molar-refractivity contribution in [3.05, 3.63) is 53.0 Å². The van der Waals surface area contributed by atoms with Crippen molar-refractivity contribution in [3.63, 3.8) is 0 Å². The second kappa shape index (κ2) is 6.17. The smallest absolute Gasteiger partial charge is 0.233 e. The minimum absolute atomic E-state index is 0.0820. The lowest BCUT2D eigenvalue weighted by molar-refractivity contribution is 0.389. The number of nitrogens with two attached hydrogens (primary N) is 1. The highest BCUT2D eigenvalue weighted by Crippen LogP contribution is 2.28. The number of hydrazine groups is 1. The maximum Gasteiger partial charge on any atom is 0.233 e. The standard InChI is InChI=1S/C15H16N4OS/c1-20-15-7-6-12(18-19-15)13(17-16)8-10-9-21-14-5-3-2-4-11(10)14/h2-7,9,13,17H,8,16H2,1H3. The highest BCUT2D eigenvalue weighted by molar-refractivity contribution is 7.17. The van der Waals surface area contributed by atoms with Gasteiger partial charge in [-0.1, -0.05) is 18.2 Å². The van der Waals surface area contributed by atoms with Gasteiger partial charge in [0.05, 0.1) is 18.8 Å². The minimum Gasteiger partial charge on any atom is -0.480 e. The zero-order valence-electron chi connectivity index (χ0n) is 11.6. The molecule has 1 aromatic carbocycles. The van der Waals surface area contributed by atoms with Gasteiger partial charge in [-0.25, -0.2) is 0 Å². The summed E-state index contributed by atoms with van der Waals surface area (Å²) in [6, 6.07) is 12.0. The number of benzene rings is 1. The number of ether oxygens (including phenoxy) is 1. The number of hydrogen-bond acceptors (Lipinski definition) is 6. The Morgan fingerprint density at radius 1 is 1.24 bits per heavy atom. The van der Waals surface area contributed by atoms with E-state index in [1.54, 1.807) is 24.5 Å². The van der Waals surface area contributed by atoms with Crippen LogP contribution in [0.4, 0.5) is 0 Å². The summed E-state index contributed by atoms with van der Waals surface area (Å²) in [5.41, 5.74) is 4.88. The van der Waals surface area contributed by atoms with Crippen LogP contribution in [0.3, 0.4) is 0 Å². The molecule has 3 N–H and O–H groups in total. The summed E-state index contributed by atoms with van der Waals surface area (Å²) in [6.07, 6.45) is 0.765. The molecular weight excluding hydrogens is 284 g/mol. The zero-order chi connectivity index (χ0) is 14.7. The van der Waals surface area contributed by atoms with E-state index >= 15 is 0 Å². The van der Waals surface area contributed by atoms with Gasteiger partial charge in [-0.3, -0.25) is 11.3 Å². The molecule has 0 spiro atoms. The topological polar surface area (TPSA) is 73.1 Å². The van der Waals surface area contributed by atoms with Crippen LogP contribution in [0.5, 0.6) is 5.88 Å². The third-order valence-electron chi connectivity index (χ3n) is 3.41. The van der Waals surface area contributed by atoms with Crippen molar-refractivity contribution in [1.29, 1.82) is 0 Å². The van der Waals surface area contributed by atoms with Crippen LogP contribution in [0, 0.1) is 0 Å². The van der Waals surface area contributed by atoms with E-state index < -0.39 is 0 Å². The molecule has 0 fully saturated rings. The first-order chi connectivity index (χ1) is 10.3. The Morgan fingerprint density at radius 3 is 2.81 bits per heavy atom. The van der Waals surface area contributed by atoms with E-state index in [1.165, 1.54) is 15.6 Å². The molecule has 1 unspecified atom stereocenters. The van der Waals surface area contributed by atoms with Crippen molar-refractivity contribution in [3.8, 4) is 5.88 Å². The molecule has 0 saturated heterocycles. The highest BCUT2D eigenvalue weighted by Gasteiger charge is 2.15. The quantitative estimate of drug-likeness (QED) is 0.559. The van der Waals surface area contributed by atoms with Crippen molar-refractivity contribution >= 4 is 21.4 Å². The molecule has 2 heterocycles. The van der Waals surface area contributed by atoms with E-state index in [1.807, 2.05) is 6.07 Å². The number of nitrogens with zero attached hydrogens (tertiary/aromatic N) is 2. The van der Waals surface area contributed by atoms with Crippen LogP contribution in [0.15, 0.2) is 41.8 Å².